The fourth-order valence-corrected chi connectivity index (χ4v) is 3.80. The maximum atomic E-state index is 12.7. The van der Waals surface area contributed by atoms with Crippen LogP contribution < -0.4 is 15.2 Å². The third kappa shape index (κ3) is 4.44. The average molecular weight is 426 g/mol. The molecule has 1 aliphatic rings. The van der Waals surface area contributed by atoms with Crippen LogP contribution in [0.3, 0.4) is 0 Å². The maximum absolute atomic E-state index is 12.7. The molecule has 0 saturated carbocycles. The maximum Gasteiger partial charge on any atom is 0.410 e. The number of hydrogen-bond donors (Lipinski definition) is 1. The van der Waals surface area contributed by atoms with Crippen molar-refractivity contribution in [3.8, 4) is 11.5 Å². The van der Waals surface area contributed by atoms with Gasteiger partial charge in [-0.15, -0.1) is 0 Å². The third-order valence-electron chi connectivity index (χ3n) is 5.38. The highest BCUT2D eigenvalue weighted by molar-refractivity contribution is 5.92. The van der Waals surface area contributed by atoms with Crippen molar-refractivity contribution >= 4 is 12.1 Å². The molecule has 31 heavy (non-hydrogen) atoms. The summed E-state index contributed by atoms with van der Waals surface area (Å²) in [5, 5.41) is 0. The Morgan fingerprint density at radius 3 is 1.74 bits per heavy atom. The van der Waals surface area contributed by atoms with E-state index < -0.39 is 18.2 Å². The third-order valence-corrected chi connectivity index (χ3v) is 5.38. The van der Waals surface area contributed by atoms with Crippen molar-refractivity contribution in [2.75, 3.05) is 35.0 Å². The van der Waals surface area contributed by atoms with Crippen molar-refractivity contribution in [3.05, 3.63) is 71.5 Å². The van der Waals surface area contributed by atoms with Gasteiger partial charge in [-0.25, -0.2) is 4.79 Å². The molecule has 0 spiro atoms. The summed E-state index contributed by atoms with van der Waals surface area (Å²) < 4.78 is 20.4. The van der Waals surface area contributed by atoms with Crippen molar-refractivity contribution in [1.29, 1.82) is 0 Å². The van der Waals surface area contributed by atoms with E-state index in [1.165, 1.54) is 19.1 Å². The fourth-order valence-electron chi connectivity index (χ4n) is 3.80. The Balaban J connectivity index is 2.10. The number of amides is 1. The molecular formula is C23H26N2O6. The number of methoxy groups -OCH3 is 4. The Kier molecular flexibility index (Phi) is 7.02. The van der Waals surface area contributed by atoms with Crippen LogP contribution in [0.1, 0.15) is 17.0 Å². The van der Waals surface area contributed by atoms with Crippen LogP contribution >= 0.6 is 0 Å². The van der Waals surface area contributed by atoms with Gasteiger partial charge < -0.3 is 24.7 Å². The van der Waals surface area contributed by atoms with Crippen molar-refractivity contribution in [3.63, 3.8) is 0 Å². The molecule has 0 bridgehead atoms. The van der Waals surface area contributed by atoms with Gasteiger partial charge in [-0.05, 0) is 35.4 Å². The second-order valence-corrected chi connectivity index (χ2v) is 6.95. The molecule has 1 unspecified atom stereocenters. The van der Waals surface area contributed by atoms with Crippen LogP contribution in [-0.4, -0.2) is 58.1 Å². The SMILES string of the molecule is COC(=O)[C]1[C](C(c2ccc(OC)cc2)c2ccc(OC)cc2)CN(C(=O)OC)C1N. The Bertz CT molecular complexity index is 852. The van der Waals surface area contributed by atoms with Gasteiger partial charge in [-0.2, -0.15) is 0 Å². The molecule has 1 aliphatic heterocycles. The van der Waals surface area contributed by atoms with Crippen molar-refractivity contribution < 1.29 is 28.5 Å². The van der Waals surface area contributed by atoms with E-state index in [2.05, 4.69) is 0 Å². The Morgan fingerprint density at radius 2 is 1.35 bits per heavy atom. The molecule has 2 radical (unpaired) electrons. The minimum absolute atomic E-state index is 0.126. The summed E-state index contributed by atoms with van der Waals surface area (Å²) in [6.07, 6.45) is -1.60. The fraction of sp³-hybridized carbons (Fsp3) is 0.304. The molecular weight excluding hydrogens is 400 g/mol. The average Bonchev–Trinajstić information content (AvgIpc) is 3.15. The molecule has 0 aliphatic carbocycles. The molecule has 1 atom stereocenters. The number of carbonyl (C=O) groups excluding carboxylic acids is 2. The molecule has 3 rings (SSSR count). The van der Waals surface area contributed by atoms with Gasteiger partial charge in [-0.3, -0.25) is 9.69 Å². The van der Waals surface area contributed by atoms with Gasteiger partial charge >= 0.3 is 12.1 Å². The molecule has 164 valence electrons. The topological polar surface area (TPSA) is 100 Å². The van der Waals surface area contributed by atoms with E-state index in [1.807, 2.05) is 48.5 Å². The lowest BCUT2D eigenvalue weighted by Gasteiger charge is -2.27. The summed E-state index contributed by atoms with van der Waals surface area (Å²) in [5.74, 6) is 1.38. The summed E-state index contributed by atoms with van der Waals surface area (Å²) >= 11 is 0. The van der Waals surface area contributed by atoms with Crippen molar-refractivity contribution in [2.45, 2.75) is 12.1 Å². The van der Waals surface area contributed by atoms with Crippen LogP contribution in [0, 0.1) is 11.8 Å². The molecule has 2 aromatic rings. The van der Waals surface area contributed by atoms with E-state index in [0.29, 0.717) is 17.4 Å². The minimum Gasteiger partial charge on any atom is -0.497 e. The predicted octanol–water partition coefficient (Wildman–Crippen LogP) is 2.52. The molecule has 1 fully saturated rings. The van der Waals surface area contributed by atoms with Gasteiger partial charge in [0, 0.05) is 18.4 Å². The number of likely N-dealkylation sites (tertiary alicyclic amines) is 1. The second kappa shape index (κ2) is 9.70. The number of benzene rings is 2. The summed E-state index contributed by atoms with van der Waals surface area (Å²) in [6, 6.07) is 15.1. The van der Waals surface area contributed by atoms with E-state index in [1.54, 1.807) is 14.2 Å². The van der Waals surface area contributed by atoms with E-state index in [0.717, 1.165) is 11.1 Å². The molecule has 1 amide bonds. The molecule has 8 heteroatoms. The highest BCUT2D eigenvalue weighted by atomic mass is 16.5. The van der Waals surface area contributed by atoms with Gasteiger partial charge in [-0.1, -0.05) is 24.3 Å². The van der Waals surface area contributed by atoms with Crippen LogP contribution in [0.15, 0.2) is 48.5 Å². The zero-order chi connectivity index (χ0) is 22.5. The number of nitrogens with two attached hydrogens (primary N) is 1. The minimum atomic E-state index is -0.978. The first-order valence-corrected chi connectivity index (χ1v) is 9.64. The van der Waals surface area contributed by atoms with Gasteiger partial charge in [0.05, 0.1) is 28.4 Å². The van der Waals surface area contributed by atoms with Crippen LogP contribution in [-0.2, 0) is 14.3 Å². The van der Waals surface area contributed by atoms with Gasteiger partial charge in [0.1, 0.15) is 23.6 Å². The lowest BCUT2D eigenvalue weighted by Crippen LogP contribution is -2.45. The highest BCUT2D eigenvalue weighted by Gasteiger charge is 2.52. The van der Waals surface area contributed by atoms with Gasteiger partial charge in [0.15, 0.2) is 0 Å². The standard InChI is InChI=1S/C23H26N2O6/c1-28-16-9-5-14(6-10-16)19(15-7-11-17(29-2)12-8-15)18-13-25(23(27)31-4)21(24)20(18)22(26)30-3/h5-12,19,21H,13,24H2,1-4H3. The summed E-state index contributed by atoms with van der Waals surface area (Å²) in [6.45, 7) is 0.126. The number of ether oxygens (including phenoxy) is 4. The lowest BCUT2D eigenvalue weighted by molar-refractivity contribution is -0.138. The predicted molar refractivity (Wildman–Crippen MR) is 113 cm³/mol. The number of hydrogen-bond acceptors (Lipinski definition) is 7. The number of nitrogens with zero attached hydrogens (tertiary/aromatic N) is 1. The van der Waals surface area contributed by atoms with Crippen LogP contribution in [0.25, 0.3) is 0 Å². The summed E-state index contributed by atoms with van der Waals surface area (Å²) in [4.78, 5) is 26.3. The first-order chi connectivity index (χ1) is 14.9. The number of esters is 1. The van der Waals surface area contributed by atoms with Gasteiger partial charge in [0.2, 0.25) is 0 Å². The monoisotopic (exact) mass is 426 g/mol. The van der Waals surface area contributed by atoms with Crippen LogP contribution in [0.2, 0.25) is 0 Å². The van der Waals surface area contributed by atoms with Gasteiger partial charge in [0.25, 0.3) is 0 Å². The van der Waals surface area contributed by atoms with E-state index >= 15 is 0 Å². The zero-order valence-corrected chi connectivity index (χ0v) is 18.0. The first-order valence-electron chi connectivity index (χ1n) is 9.64. The largest absolute Gasteiger partial charge is 0.497 e. The number of carbonyl (C=O) groups is 2. The van der Waals surface area contributed by atoms with E-state index in [9.17, 15) is 9.59 Å². The van der Waals surface area contributed by atoms with E-state index in [-0.39, 0.29) is 18.4 Å². The smallest absolute Gasteiger partial charge is 0.410 e. The lowest BCUT2D eigenvalue weighted by atomic mass is 9.75. The summed E-state index contributed by atoms with van der Waals surface area (Å²) in [5.41, 5.74) is 8.09. The molecule has 8 nitrogen and oxygen atoms in total. The van der Waals surface area contributed by atoms with Crippen LogP contribution in [0.5, 0.6) is 11.5 Å². The summed E-state index contributed by atoms with van der Waals surface area (Å²) in [7, 11) is 5.75. The Morgan fingerprint density at radius 1 is 0.871 bits per heavy atom. The highest BCUT2D eigenvalue weighted by Crippen LogP contribution is 2.46. The quantitative estimate of drug-likeness (QED) is 0.709. The zero-order valence-electron chi connectivity index (χ0n) is 18.0. The van der Waals surface area contributed by atoms with E-state index in [4.69, 9.17) is 24.7 Å². The Hall–Kier alpha value is -3.26. The number of rotatable bonds is 6. The molecule has 1 heterocycles. The first kappa shape index (κ1) is 22.4. The molecule has 1 saturated heterocycles. The molecule has 0 aromatic heterocycles. The molecule has 2 aromatic carbocycles. The van der Waals surface area contributed by atoms with Crippen molar-refractivity contribution in [2.24, 2.45) is 5.73 Å². The van der Waals surface area contributed by atoms with Crippen molar-refractivity contribution in [1.82, 2.24) is 4.90 Å². The Labute approximate surface area is 181 Å². The normalized spacial score (nSPS) is 17.0. The molecule has 2 N–H and O–H groups in total. The van der Waals surface area contributed by atoms with Crippen LogP contribution in [0.4, 0.5) is 4.79 Å². The second-order valence-electron chi connectivity index (χ2n) is 6.95.